The van der Waals surface area contributed by atoms with E-state index in [2.05, 4.69) is 0 Å². The third-order valence-electron chi connectivity index (χ3n) is 3.62. The van der Waals surface area contributed by atoms with Crippen LogP contribution in [-0.4, -0.2) is 42.8 Å². The molecule has 0 bridgehead atoms. The molecule has 0 aliphatic carbocycles. The molecule has 0 unspecified atom stereocenters. The largest absolute Gasteiger partial charge is 0.468 e. The van der Waals surface area contributed by atoms with Gasteiger partial charge < -0.3 is 18.8 Å². The van der Waals surface area contributed by atoms with Gasteiger partial charge in [-0.05, 0) is 39.7 Å². The summed E-state index contributed by atoms with van der Waals surface area (Å²) in [6.07, 6.45) is 2.67. The zero-order valence-corrected chi connectivity index (χ0v) is 13.5. The van der Waals surface area contributed by atoms with Crippen LogP contribution in [0, 0.1) is 0 Å². The van der Waals surface area contributed by atoms with Crippen LogP contribution in [0.1, 0.15) is 55.6 Å². The topological polar surface area (TPSA) is 69.0 Å². The molecule has 0 aromatic carbocycles. The van der Waals surface area contributed by atoms with E-state index in [1.807, 2.05) is 20.8 Å². The molecule has 0 N–H and O–H groups in total. The first kappa shape index (κ1) is 16.4. The van der Waals surface area contributed by atoms with E-state index in [0.29, 0.717) is 24.4 Å². The number of piperidine rings is 1. The zero-order valence-electron chi connectivity index (χ0n) is 13.5. The van der Waals surface area contributed by atoms with Gasteiger partial charge in [-0.1, -0.05) is 0 Å². The highest BCUT2D eigenvalue weighted by atomic mass is 16.6. The average molecular weight is 309 g/mol. The van der Waals surface area contributed by atoms with Crippen molar-refractivity contribution in [3.05, 3.63) is 23.7 Å². The van der Waals surface area contributed by atoms with Crippen LogP contribution in [-0.2, 0) is 9.47 Å². The monoisotopic (exact) mass is 309 g/mol. The van der Waals surface area contributed by atoms with Crippen LogP contribution in [0.15, 0.2) is 16.7 Å². The lowest BCUT2D eigenvalue weighted by Gasteiger charge is -2.33. The average Bonchev–Trinajstić information content (AvgIpc) is 2.94. The third-order valence-corrected chi connectivity index (χ3v) is 3.62. The van der Waals surface area contributed by atoms with E-state index in [1.54, 1.807) is 11.0 Å². The molecule has 0 spiro atoms. The van der Waals surface area contributed by atoms with Crippen molar-refractivity contribution in [3.8, 4) is 0 Å². The van der Waals surface area contributed by atoms with Gasteiger partial charge in [0.05, 0.1) is 13.4 Å². The summed E-state index contributed by atoms with van der Waals surface area (Å²) in [7, 11) is 1.35. The van der Waals surface area contributed by atoms with Crippen LogP contribution in [0.25, 0.3) is 0 Å². The van der Waals surface area contributed by atoms with Gasteiger partial charge in [0.15, 0.2) is 0 Å². The van der Waals surface area contributed by atoms with Crippen LogP contribution in [0.5, 0.6) is 0 Å². The molecule has 0 radical (unpaired) electrons. The van der Waals surface area contributed by atoms with Crippen LogP contribution in [0.3, 0.4) is 0 Å². The van der Waals surface area contributed by atoms with Crippen molar-refractivity contribution < 1.29 is 23.5 Å². The van der Waals surface area contributed by atoms with Crippen molar-refractivity contribution in [1.29, 1.82) is 0 Å². The fraction of sp³-hybridized carbons (Fsp3) is 0.625. The highest BCUT2D eigenvalue weighted by Crippen LogP contribution is 2.31. The number of nitrogens with zero attached hydrogens (tertiary/aromatic N) is 1. The maximum atomic E-state index is 12.0. The van der Waals surface area contributed by atoms with Crippen molar-refractivity contribution in [1.82, 2.24) is 4.90 Å². The molecular formula is C16H23NO5. The summed E-state index contributed by atoms with van der Waals surface area (Å²) in [6.45, 7) is 6.72. The SMILES string of the molecule is COC(=O)c1ccoc1C1CCN(C(=O)OC(C)(C)C)CC1. The van der Waals surface area contributed by atoms with Gasteiger partial charge >= 0.3 is 12.1 Å². The van der Waals surface area contributed by atoms with Gasteiger partial charge in [-0.3, -0.25) is 0 Å². The van der Waals surface area contributed by atoms with E-state index in [1.165, 1.54) is 13.4 Å². The van der Waals surface area contributed by atoms with Crippen molar-refractivity contribution in [2.45, 2.75) is 45.1 Å². The number of hydrogen-bond donors (Lipinski definition) is 0. The highest BCUT2D eigenvalue weighted by Gasteiger charge is 2.31. The third kappa shape index (κ3) is 3.81. The highest BCUT2D eigenvalue weighted by molar-refractivity contribution is 5.90. The Hall–Kier alpha value is -1.98. The Bertz CT molecular complexity index is 535. The van der Waals surface area contributed by atoms with Gasteiger partial charge in [-0.25, -0.2) is 9.59 Å². The van der Waals surface area contributed by atoms with Crippen molar-refractivity contribution >= 4 is 12.1 Å². The second-order valence-corrected chi connectivity index (χ2v) is 6.43. The molecule has 2 rings (SSSR count). The van der Waals surface area contributed by atoms with Gasteiger partial charge in [0, 0.05) is 19.0 Å². The fourth-order valence-corrected chi connectivity index (χ4v) is 2.57. The van der Waals surface area contributed by atoms with Gasteiger partial charge in [-0.15, -0.1) is 0 Å². The van der Waals surface area contributed by atoms with Crippen LogP contribution >= 0.6 is 0 Å². The molecule has 0 atom stereocenters. The normalized spacial score (nSPS) is 16.5. The Morgan fingerprint density at radius 2 is 1.91 bits per heavy atom. The Labute approximate surface area is 130 Å². The summed E-state index contributed by atoms with van der Waals surface area (Å²) in [5.74, 6) is 0.372. The number of esters is 1. The summed E-state index contributed by atoms with van der Waals surface area (Å²) < 4.78 is 15.6. The number of rotatable bonds is 2. The predicted octanol–water partition coefficient (Wildman–Crippen LogP) is 3.18. The maximum Gasteiger partial charge on any atom is 0.410 e. The van der Waals surface area contributed by atoms with E-state index >= 15 is 0 Å². The lowest BCUT2D eigenvalue weighted by Crippen LogP contribution is -2.41. The number of carbonyl (C=O) groups is 2. The molecular weight excluding hydrogens is 286 g/mol. The van der Waals surface area contributed by atoms with E-state index in [4.69, 9.17) is 13.9 Å². The van der Waals surface area contributed by atoms with Gasteiger partial charge in [0.2, 0.25) is 0 Å². The number of furan rings is 1. The Balaban J connectivity index is 1.97. The number of likely N-dealkylation sites (tertiary alicyclic amines) is 1. The first-order valence-corrected chi connectivity index (χ1v) is 7.45. The Morgan fingerprint density at radius 3 is 2.45 bits per heavy atom. The first-order valence-electron chi connectivity index (χ1n) is 7.45. The molecule has 1 saturated heterocycles. The molecule has 2 heterocycles. The second kappa shape index (κ2) is 6.42. The summed E-state index contributed by atoms with van der Waals surface area (Å²) in [4.78, 5) is 25.4. The zero-order chi connectivity index (χ0) is 16.3. The number of carbonyl (C=O) groups excluding carboxylic acids is 2. The minimum absolute atomic E-state index is 0.114. The fourth-order valence-electron chi connectivity index (χ4n) is 2.57. The summed E-state index contributed by atoms with van der Waals surface area (Å²) in [5, 5.41) is 0. The van der Waals surface area contributed by atoms with Crippen LogP contribution in [0.2, 0.25) is 0 Å². The number of ether oxygens (including phenoxy) is 2. The Morgan fingerprint density at radius 1 is 1.27 bits per heavy atom. The van der Waals surface area contributed by atoms with Crippen molar-refractivity contribution in [2.75, 3.05) is 20.2 Å². The van der Waals surface area contributed by atoms with E-state index in [-0.39, 0.29) is 12.0 Å². The molecule has 1 aromatic rings. The van der Waals surface area contributed by atoms with E-state index in [9.17, 15) is 9.59 Å². The molecule has 6 heteroatoms. The summed E-state index contributed by atoms with van der Waals surface area (Å²) >= 11 is 0. The Kier molecular flexibility index (Phi) is 4.78. The van der Waals surface area contributed by atoms with Crippen molar-refractivity contribution in [2.24, 2.45) is 0 Å². The molecule has 1 fully saturated rings. The lowest BCUT2D eigenvalue weighted by molar-refractivity contribution is 0.0199. The molecule has 1 amide bonds. The number of amides is 1. The molecule has 1 aliphatic rings. The molecule has 0 saturated carbocycles. The van der Waals surface area contributed by atoms with E-state index < -0.39 is 11.6 Å². The molecule has 1 aromatic heterocycles. The molecule has 1 aliphatic heterocycles. The van der Waals surface area contributed by atoms with Crippen LogP contribution < -0.4 is 0 Å². The minimum Gasteiger partial charge on any atom is -0.468 e. The lowest BCUT2D eigenvalue weighted by atomic mass is 9.92. The van der Waals surface area contributed by atoms with Crippen molar-refractivity contribution in [3.63, 3.8) is 0 Å². The summed E-state index contributed by atoms with van der Waals surface area (Å²) in [6, 6.07) is 1.63. The minimum atomic E-state index is -0.493. The van der Waals surface area contributed by atoms with Gasteiger partial charge in [-0.2, -0.15) is 0 Å². The van der Waals surface area contributed by atoms with Crippen LogP contribution in [0.4, 0.5) is 4.79 Å². The summed E-state index contributed by atoms with van der Waals surface area (Å²) in [5.41, 5.74) is -0.0225. The van der Waals surface area contributed by atoms with E-state index in [0.717, 1.165) is 12.8 Å². The first-order chi connectivity index (χ1) is 10.3. The quantitative estimate of drug-likeness (QED) is 0.785. The molecule has 6 nitrogen and oxygen atoms in total. The molecule has 122 valence electrons. The molecule has 22 heavy (non-hydrogen) atoms. The predicted molar refractivity (Wildman–Crippen MR) is 79.8 cm³/mol. The smallest absolute Gasteiger partial charge is 0.410 e. The van der Waals surface area contributed by atoms with Gasteiger partial charge in [0.1, 0.15) is 16.9 Å². The number of methoxy groups -OCH3 is 1. The van der Waals surface area contributed by atoms with Gasteiger partial charge in [0.25, 0.3) is 0 Å². The maximum absolute atomic E-state index is 12.0. The number of hydrogen-bond acceptors (Lipinski definition) is 5. The second-order valence-electron chi connectivity index (χ2n) is 6.43. The standard InChI is InChI=1S/C16H23NO5/c1-16(2,3)22-15(19)17-8-5-11(6-9-17)13-12(7-10-21-13)14(18)20-4/h7,10-11H,5-6,8-9H2,1-4H3.